The van der Waals surface area contributed by atoms with Gasteiger partial charge in [-0.3, -0.25) is 4.99 Å². The van der Waals surface area contributed by atoms with Crippen molar-refractivity contribution in [1.29, 1.82) is 0 Å². The molecule has 2 aromatic carbocycles. The number of carboxylic acid groups (broad SMARTS) is 1. The summed E-state index contributed by atoms with van der Waals surface area (Å²) in [5.41, 5.74) is 2.17. The number of aliphatic carboxylic acids is 1. The van der Waals surface area contributed by atoms with E-state index in [0.29, 0.717) is 17.9 Å². The first-order valence-corrected chi connectivity index (χ1v) is 8.92. The van der Waals surface area contributed by atoms with Gasteiger partial charge in [0, 0.05) is 11.5 Å². The molecule has 0 aromatic heterocycles. The van der Waals surface area contributed by atoms with Crippen molar-refractivity contribution < 1.29 is 66.4 Å². The van der Waals surface area contributed by atoms with Crippen LogP contribution in [0.1, 0.15) is 17.5 Å². The average Bonchev–Trinajstić information content (AvgIpc) is 2.61. The first-order valence-electron chi connectivity index (χ1n) is 7.77. The van der Waals surface area contributed by atoms with E-state index in [0.717, 1.165) is 11.1 Å². The Morgan fingerprint density at radius 1 is 1.04 bits per heavy atom. The van der Waals surface area contributed by atoms with Gasteiger partial charge in [0.05, 0.1) is 0 Å². The molecule has 6 heteroatoms. The Kier molecular flexibility index (Phi) is 11.4. The largest absolute Gasteiger partial charge is 1.00 e. The molecule has 0 fully saturated rings. The molecule has 0 aliphatic heterocycles. The fraction of sp³-hybridized carbons (Fsp3) is 0.263. The van der Waals surface area contributed by atoms with E-state index in [1.807, 2.05) is 60.7 Å². The Balaban J connectivity index is 0.00000312. The van der Waals surface area contributed by atoms with Gasteiger partial charge in [0.15, 0.2) is 6.04 Å². The van der Waals surface area contributed by atoms with Crippen molar-refractivity contribution in [2.45, 2.75) is 24.6 Å². The third kappa shape index (κ3) is 9.03. The van der Waals surface area contributed by atoms with E-state index < -0.39 is 12.0 Å². The predicted molar refractivity (Wildman–Crippen MR) is 96.2 cm³/mol. The van der Waals surface area contributed by atoms with Crippen LogP contribution in [0.2, 0.25) is 0 Å². The molecular weight excluding hydrogens is 361 g/mol. The van der Waals surface area contributed by atoms with E-state index in [-0.39, 0.29) is 63.7 Å². The zero-order valence-electron chi connectivity index (χ0n) is 14.3. The molecule has 0 spiro atoms. The van der Waals surface area contributed by atoms with Gasteiger partial charge < -0.3 is 10.2 Å². The number of carboxylic acids is 1. The van der Waals surface area contributed by atoms with Gasteiger partial charge in [0.2, 0.25) is 0 Å². The second kappa shape index (κ2) is 12.7. The summed E-state index contributed by atoms with van der Waals surface area (Å²) in [5, 5.41) is 21.2. The van der Waals surface area contributed by atoms with Gasteiger partial charge in [-0.05, 0) is 29.9 Å². The van der Waals surface area contributed by atoms with E-state index in [4.69, 9.17) is 0 Å². The first kappa shape index (κ1) is 22.4. The summed E-state index contributed by atoms with van der Waals surface area (Å²) < 4.78 is 0. The Morgan fingerprint density at radius 2 is 1.60 bits per heavy atom. The van der Waals surface area contributed by atoms with Crippen molar-refractivity contribution in [3.63, 3.8) is 0 Å². The molecule has 0 saturated carbocycles. The van der Waals surface area contributed by atoms with E-state index in [2.05, 4.69) is 4.99 Å². The van der Waals surface area contributed by atoms with Crippen LogP contribution in [-0.2, 0) is 17.0 Å². The normalized spacial score (nSPS) is 12.2. The maximum atomic E-state index is 11.9. The van der Waals surface area contributed by atoms with Crippen LogP contribution in [-0.4, -0.2) is 28.8 Å². The Hall–Kier alpha value is -0.634. The van der Waals surface area contributed by atoms with Crippen molar-refractivity contribution in [2.75, 3.05) is 5.75 Å². The van der Waals surface area contributed by atoms with Crippen molar-refractivity contribution in [1.82, 2.24) is 0 Å². The molecule has 2 rings (SSSR count). The number of aliphatic imine (C=N–C) groups is 1. The van der Waals surface area contributed by atoms with Gasteiger partial charge >= 0.3 is 57.4 Å². The van der Waals surface area contributed by atoms with Crippen LogP contribution in [0.5, 0.6) is 0 Å². The Morgan fingerprint density at radius 3 is 2.16 bits per heavy atom. The Labute approximate surface area is 195 Å². The molecule has 1 N–H and O–H groups in total. The van der Waals surface area contributed by atoms with Gasteiger partial charge in [-0.1, -0.05) is 60.7 Å². The second-order valence-electron chi connectivity index (χ2n) is 5.36. The summed E-state index contributed by atoms with van der Waals surface area (Å²) in [5.74, 6) is -0.408. The van der Waals surface area contributed by atoms with Crippen molar-refractivity contribution in [3.8, 4) is 0 Å². The SMILES string of the molecule is O=C(O)C(CSCc1ccccc1)N=C([O-])CCc1ccccc1.[K+]. The monoisotopic (exact) mass is 381 g/mol. The minimum absolute atomic E-state index is 0. The van der Waals surface area contributed by atoms with Crippen LogP contribution in [0.4, 0.5) is 0 Å². The molecule has 0 bridgehead atoms. The number of nitrogens with zero attached hydrogens (tertiary/aromatic N) is 1. The van der Waals surface area contributed by atoms with Crippen LogP contribution in [0.15, 0.2) is 65.7 Å². The molecule has 0 radical (unpaired) electrons. The van der Waals surface area contributed by atoms with Crippen LogP contribution in [0.25, 0.3) is 0 Å². The smallest absolute Gasteiger partial charge is 0.862 e. The number of carbonyl (C=O) groups is 1. The standard InChI is InChI=1S/C19H21NO3S.K/c21-18(12-11-15-7-3-1-4-8-15)20-17(19(22)23)14-24-13-16-9-5-2-6-10-16;/h1-10,17H,11-14H2,(H,20,21)(H,22,23);/q;+1/p-1. The molecule has 2 aromatic rings. The maximum Gasteiger partial charge on any atom is 1.00 e. The van der Waals surface area contributed by atoms with Crippen molar-refractivity contribution >= 4 is 23.6 Å². The molecule has 4 nitrogen and oxygen atoms in total. The van der Waals surface area contributed by atoms with E-state index in [1.165, 1.54) is 11.8 Å². The molecule has 25 heavy (non-hydrogen) atoms. The summed E-state index contributed by atoms with van der Waals surface area (Å²) in [6.07, 6.45) is 0.809. The average molecular weight is 382 g/mol. The molecule has 0 aliphatic rings. The van der Waals surface area contributed by atoms with Crippen LogP contribution in [0, 0.1) is 0 Å². The molecule has 0 aliphatic carbocycles. The Bertz CT molecular complexity index is 665. The number of benzene rings is 2. The van der Waals surface area contributed by atoms with Crippen LogP contribution in [0.3, 0.4) is 0 Å². The molecule has 0 heterocycles. The van der Waals surface area contributed by atoms with E-state index in [9.17, 15) is 15.0 Å². The van der Waals surface area contributed by atoms with E-state index in [1.54, 1.807) is 0 Å². The summed E-state index contributed by atoms with van der Waals surface area (Å²) in [6.45, 7) is 0. The minimum Gasteiger partial charge on any atom is -0.862 e. The fourth-order valence-electron chi connectivity index (χ4n) is 2.16. The van der Waals surface area contributed by atoms with Gasteiger partial charge in [-0.15, -0.1) is 0 Å². The fourth-order valence-corrected chi connectivity index (χ4v) is 3.15. The first-order chi connectivity index (χ1) is 11.6. The number of hydrogen-bond acceptors (Lipinski definition) is 4. The second-order valence-corrected chi connectivity index (χ2v) is 6.39. The molecule has 0 amide bonds. The van der Waals surface area contributed by atoms with Gasteiger partial charge in [0.25, 0.3) is 0 Å². The van der Waals surface area contributed by atoms with Gasteiger partial charge in [-0.25, -0.2) is 4.79 Å². The number of thioether (sulfide) groups is 1. The quantitative estimate of drug-likeness (QED) is 0.370. The summed E-state index contributed by atoms with van der Waals surface area (Å²) >= 11 is 1.47. The number of hydrogen-bond donors (Lipinski definition) is 1. The third-order valence-corrected chi connectivity index (χ3v) is 4.53. The maximum absolute atomic E-state index is 11.9. The summed E-state index contributed by atoms with van der Waals surface area (Å²) in [6, 6.07) is 18.5. The molecule has 1 unspecified atom stereocenters. The van der Waals surface area contributed by atoms with Crippen molar-refractivity contribution in [2.24, 2.45) is 4.99 Å². The molecule has 1 atom stereocenters. The van der Waals surface area contributed by atoms with Gasteiger partial charge in [0.1, 0.15) is 0 Å². The van der Waals surface area contributed by atoms with Crippen molar-refractivity contribution in [3.05, 3.63) is 71.8 Å². The summed E-state index contributed by atoms with van der Waals surface area (Å²) in [4.78, 5) is 15.2. The number of aryl methyl sites for hydroxylation is 1. The van der Waals surface area contributed by atoms with Gasteiger partial charge in [-0.2, -0.15) is 11.8 Å². The molecule has 126 valence electrons. The van der Waals surface area contributed by atoms with Crippen LogP contribution < -0.4 is 56.5 Å². The summed E-state index contributed by atoms with van der Waals surface area (Å²) in [7, 11) is 0. The van der Waals surface area contributed by atoms with E-state index >= 15 is 0 Å². The molecular formula is C19H20KNO3S. The third-order valence-electron chi connectivity index (χ3n) is 3.44. The molecule has 0 saturated heterocycles. The topological polar surface area (TPSA) is 72.7 Å². The predicted octanol–water partition coefficient (Wildman–Crippen LogP) is -0.231. The van der Waals surface area contributed by atoms with Crippen LogP contribution >= 0.6 is 11.8 Å². The zero-order chi connectivity index (χ0) is 17.2. The number of rotatable bonds is 9. The zero-order valence-corrected chi connectivity index (χ0v) is 18.2. The minimum atomic E-state index is -1.05.